The van der Waals surface area contributed by atoms with E-state index in [0.29, 0.717) is 12.2 Å². The average Bonchev–Trinajstić information content (AvgIpc) is 2.25. The van der Waals surface area contributed by atoms with Gasteiger partial charge in [-0.2, -0.15) is 0 Å². The summed E-state index contributed by atoms with van der Waals surface area (Å²) in [5, 5.41) is 0. The normalized spacial score (nSPS) is 26.1. The topological polar surface area (TPSA) is 12.5 Å². The lowest BCUT2D eigenvalue weighted by Gasteiger charge is -2.35. The summed E-state index contributed by atoms with van der Waals surface area (Å²) in [7, 11) is 0. The van der Waals surface area contributed by atoms with E-state index in [0.717, 1.165) is 26.1 Å². The van der Waals surface area contributed by atoms with Crippen molar-refractivity contribution < 1.29 is 4.74 Å². The highest BCUT2D eigenvalue weighted by molar-refractivity contribution is 9.10. The molecule has 1 fully saturated rings. The highest BCUT2D eigenvalue weighted by Gasteiger charge is 2.21. The van der Waals surface area contributed by atoms with Crippen LogP contribution in [-0.4, -0.2) is 36.7 Å². The fraction of sp³-hybridized carbons (Fsp3) is 0.571. The Hall–Kier alpha value is -0.380. The van der Waals surface area contributed by atoms with Crippen LogP contribution in [0.2, 0.25) is 0 Å². The number of rotatable bonds is 3. The van der Waals surface area contributed by atoms with Crippen molar-refractivity contribution in [2.24, 2.45) is 0 Å². The van der Waals surface area contributed by atoms with E-state index >= 15 is 0 Å². The van der Waals surface area contributed by atoms with Crippen LogP contribution in [0.3, 0.4) is 0 Å². The maximum atomic E-state index is 5.74. The molecule has 1 heterocycles. The molecule has 0 aromatic heterocycles. The molecule has 0 bridgehead atoms. The molecule has 2 rings (SSSR count). The highest BCUT2D eigenvalue weighted by Crippen LogP contribution is 2.14. The van der Waals surface area contributed by atoms with Crippen LogP contribution >= 0.6 is 15.9 Å². The number of nitrogens with zero attached hydrogens (tertiary/aromatic N) is 1. The predicted octanol–water partition coefficient (Wildman–Crippen LogP) is 3.10. The van der Waals surface area contributed by atoms with Crippen molar-refractivity contribution in [2.45, 2.75) is 32.5 Å². The van der Waals surface area contributed by atoms with Gasteiger partial charge in [-0.1, -0.05) is 28.1 Å². The first-order chi connectivity index (χ1) is 8.13. The largest absolute Gasteiger partial charge is 0.373 e. The Bertz CT molecular complexity index is 359. The van der Waals surface area contributed by atoms with E-state index in [1.165, 1.54) is 10.0 Å². The zero-order valence-corrected chi connectivity index (χ0v) is 12.1. The third-order valence-electron chi connectivity index (χ3n) is 3.10. The van der Waals surface area contributed by atoms with Crippen molar-refractivity contribution >= 4 is 15.9 Å². The van der Waals surface area contributed by atoms with Crippen LogP contribution in [-0.2, 0) is 11.2 Å². The Morgan fingerprint density at radius 1 is 1.29 bits per heavy atom. The van der Waals surface area contributed by atoms with Crippen molar-refractivity contribution in [3.8, 4) is 0 Å². The maximum Gasteiger partial charge on any atom is 0.0678 e. The second-order valence-electron chi connectivity index (χ2n) is 4.90. The summed E-state index contributed by atoms with van der Waals surface area (Å²) in [6, 6.07) is 8.57. The molecular weight excluding hydrogens is 278 g/mol. The molecule has 1 saturated heterocycles. The average molecular weight is 298 g/mol. The molecule has 0 radical (unpaired) electrons. The van der Waals surface area contributed by atoms with Crippen LogP contribution in [0, 0.1) is 0 Å². The summed E-state index contributed by atoms with van der Waals surface area (Å²) in [5.74, 6) is 0. The van der Waals surface area contributed by atoms with Crippen LogP contribution in [0.25, 0.3) is 0 Å². The second-order valence-corrected chi connectivity index (χ2v) is 5.81. The summed E-state index contributed by atoms with van der Waals surface area (Å²) < 4.78 is 6.90. The van der Waals surface area contributed by atoms with E-state index in [1.54, 1.807) is 0 Å². The number of ether oxygens (including phenoxy) is 1. The van der Waals surface area contributed by atoms with Gasteiger partial charge in [-0.15, -0.1) is 0 Å². The zero-order valence-electron chi connectivity index (χ0n) is 10.5. The minimum atomic E-state index is 0.362. The Labute approximate surface area is 112 Å². The molecular formula is C14H20BrNO. The van der Waals surface area contributed by atoms with Gasteiger partial charge in [0.1, 0.15) is 0 Å². The molecule has 94 valence electrons. The van der Waals surface area contributed by atoms with Crippen molar-refractivity contribution in [2.75, 3.05) is 19.6 Å². The lowest BCUT2D eigenvalue weighted by Crippen LogP contribution is -2.46. The number of hydrogen-bond acceptors (Lipinski definition) is 2. The summed E-state index contributed by atoms with van der Waals surface area (Å²) in [6.07, 6.45) is 1.83. The van der Waals surface area contributed by atoms with E-state index in [1.807, 2.05) is 0 Å². The summed E-state index contributed by atoms with van der Waals surface area (Å²) in [6.45, 7) is 7.54. The molecule has 0 spiro atoms. The zero-order chi connectivity index (χ0) is 12.3. The lowest BCUT2D eigenvalue weighted by molar-refractivity contribution is -0.0675. The fourth-order valence-electron chi connectivity index (χ4n) is 2.45. The molecule has 0 amide bonds. The molecule has 2 atom stereocenters. The lowest BCUT2D eigenvalue weighted by atomic mass is 10.1. The van der Waals surface area contributed by atoms with E-state index in [9.17, 15) is 0 Å². The van der Waals surface area contributed by atoms with Crippen molar-refractivity contribution in [1.82, 2.24) is 4.90 Å². The molecule has 0 saturated carbocycles. The highest BCUT2D eigenvalue weighted by atomic mass is 79.9. The molecule has 1 aliphatic heterocycles. The Kier molecular flexibility index (Phi) is 4.60. The fourth-order valence-corrected chi connectivity index (χ4v) is 2.89. The van der Waals surface area contributed by atoms with E-state index in [-0.39, 0.29) is 0 Å². The molecule has 2 nitrogen and oxygen atoms in total. The first kappa shape index (κ1) is 13.1. The Balaban J connectivity index is 1.85. The number of halogens is 1. The van der Waals surface area contributed by atoms with Gasteiger partial charge in [-0.3, -0.25) is 4.90 Å². The van der Waals surface area contributed by atoms with Gasteiger partial charge in [-0.25, -0.2) is 0 Å². The predicted molar refractivity (Wildman–Crippen MR) is 74.3 cm³/mol. The number of benzene rings is 1. The monoisotopic (exact) mass is 297 g/mol. The van der Waals surface area contributed by atoms with Crippen LogP contribution in [0.1, 0.15) is 19.4 Å². The van der Waals surface area contributed by atoms with E-state index in [4.69, 9.17) is 4.74 Å². The molecule has 1 aromatic carbocycles. The Morgan fingerprint density at radius 3 is 2.65 bits per heavy atom. The van der Waals surface area contributed by atoms with E-state index < -0.39 is 0 Å². The van der Waals surface area contributed by atoms with Gasteiger partial charge in [0.25, 0.3) is 0 Å². The SMILES string of the molecule is C[C@H]1CN(CCc2cccc(Br)c2)C[C@H](C)O1. The summed E-state index contributed by atoms with van der Waals surface area (Å²) >= 11 is 3.51. The maximum absolute atomic E-state index is 5.74. The van der Waals surface area contributed by atoms with Gasteiger partial charge < -0.3 is 4.74 Å². The minimum Gasteiger partial charge on any atom is -0.373 e. The van der Waals surface area contributed by atoms with Crippen molar-refractivity contribution in [3.63, 3.8) is 0 Å². The number of hydrogen-bond donors (Lipinski definition) is 0. The molecule has 0 unspecified atom stereocenters. The van der Waals surface area contributed by atoms with Gasteiger partial charge in [-0.05, 0) is 38.0 Å². The van der Waals surface area contributed by atoms with Gasteiger partial charge in [0.2, 0.25) is 0 Å². The van der Waals surface area contributed by atoms with Crippen molar-refractivity contribution in [3.05, 3.63) is 34.3 Å². The van der Waals surface area contributed by atoms with Crippen LogP contribution in [0.4, 0.5) is 0 Å². The van der Waals surface area contributed by atoms with E-state index in [2.05, 4.69) is 58.9 Å². The molecule has 3 heteroatoms. The second kappa shape index (κ2) is 5.98. The Morgan fingerprint density at radius 2 is 2.00 bits per heavy atom. The molecule has 17 heavy (non-hydrogen) atoms. The molecule has 1 aromatic rings. The minimum absolute atomic E-state index is 0.362. The molecule has 1 aliphatic rings. The van der Waals surface area contributed by atoms with Gasteiger partial charge in [0, 0.05) is 24.1 Å². The summed E-state index contributed by atoms with van der Waals surface area (Å²) in [5.41, 5.74) is 1.39. The molecule has 0 N–H and O–H groups in total. The van der Waals surface area contributed by atoms with Crippen molar-refractivity contribution in [1.29, 1.82) is 0 Å². The van der Waals surface area contributed by atoms with Gasteiger partial charge in [0.15, 0.2) is 0 Å². The third kappa shape index (κ3) is 4.09. The van der Waals surface area contributed by atoms with Gasteiger partial charge in [0.05, 0.1) is 12.2 Å². The summed E-state index contributed by atoms with van der Waals surface area (Å²) in [4.78, 5) is 2.50. The van der Waals surface area contributed by atoms with Gasteiger partial charge >= 0.3 is 0 Å². The van der Waals surface area contributed by atoms with Crippen LogP contribution in [0.15, 0.2) is 28.7 Å². The first-order valence-corrected chi connectivity index (χ1v) is 7.05. The smallest absolute Gasteiger partial charge is 0.0678 e. The standard InChI is InChI=1S/C14H20BrNO/c1-11-9-16(10-12(2)17-11)7-6-13-4-3-5-14(15)8-13/h3-5,8,11-12H,6-7,9-10H2,1-2H3/t11-,12-/m0/s1. The first-order valence-electron chi connectivity index (χ1n) is 6.26. The van der Waals surface area contributed by atoms with Crippen LogP contribution in [0.5, 0.6) is 0 Å². The quantitative estimate of drug-likeness (QED) is 0.850. The third-order valence-corrected chi connectivity index (χ3v) is 3.59. The molecule has 0 aliphatic carbocycles. The number of morpholine rings is 1. The van der Waals surface area contributed by atoms with Crippen LogP contribution < -0.4 is 0 Å².